The minimum Gasteiger partial charge on any atom is -0.305 e. The number of fused-ring (bicyclic) bond motifs is 2. The fraction of sp³-hybridized carbons (Fsp3) is 0.154. The summed E-state index contributed by atoms with van der Waals surface area (Å²) in [4.78, 5) is 0. The molecule has 6 nitrogen and oxygen atoms in total. The van der Waals surface area contributed by atoms with Gasteiger partial charge >= 0.3 is 15.2 Å². The quantitative estimate of drug-likeness (QED) is 0.0848. The predicted octanol–water partition coefficient (Wildman–Crippen LogP) is 11.0. The Hall–Kier alpha value is -4.56. The largest absolute Gasteiger partial charge is 0.361 e. The Morgan fingerprint density at radius 3 is 0.935 bits per heavy atom. The topological polar surface area (TPSA) is 71.1 Å². The van der Waals surface area contributed by atoms with Crippen LogP contribution in [0, 0.1) is 0 Å². The molecule has 0 saturated heterocycles. The van der Waals surface area contributed by atoms with Gasteiger partial charge in [-0.2, -0.15) is 0 Å². The Bertz CT molecular complexity index is 2580. The molecule has 62 heavy (non-hydrogen) atoms. The van der Waals surface area contributed by atoms with Crippen LogP contribution in [0.2, 0.25) is 0 Å². The SMILES string of the molecule is CCOP(=O)(OCC)c1ccc2c(-c3c(P(c4ccccc4)c4ccccc4)ccc4cc(P(=O)(OCC)OCC)ccc34)c(P(c3ccccc3)c3ccccc3)ccc2c1. The monoisotopic (exact) mass is 894 g/mol. The van der Waals surface area contributed by atoms with Crippen molar-refractivity contribution in [3.05, 3.63) is 182 Å². The van der Waals surface area contributed by atoms with Crippen molar-refractivity contribution in [2.75, 3.05) is 26.4 Å². The molecule has 0 aliphatic rings. The molecular weight excluding hydrogens is 844 g/mol. The Morgan fingerprint density at radius 1 is 0.371 bits per heavy atom. The molecule has 8 aromatic rings. The van der Waals surface area contributed by atoms with Gasteiger partial charge in [-0.05, 0) is 132 Å². The Balaban J connectivity index is 1.54. The van der Waals surface area contributed by atoms with Crippen LogP contribution in [0.25, 0.3) is 32.7 Å². The molecule has 0 saturated carbocycles. The molecule has 0 aromatic heterocycles. The summed E-state index contributed by atoms with van der Waals surface area (Å²) < 4.78 is 52.1. The summed E-state index contributed by atoms with van der Waals surface area (Å²) in [6, 6.07) is 63.8. The standard InChI is InChI=1S/C52H50O6P4/c1-5-55-61(53,56-6-2)45-31-33-47-39(37-45)29-35-49(59(41-21-13-9-14-22-41)42-23-15-10-16-24-42)51(47)52-48-34-32-46(62(54,57-7-3)58-8-4)38-40(48)30-36-50(52)60(43-25-17-11-18-26-43)44-27-19-12-20-28-44/h9-38H,5-8H2,1-4H3. The van der Waals surface area contributed by atoms with Gasteiger partial charge in [0.2, 0.25) is 0 Å². The van der Waals surface area contributed by atoms with E-state index in [4.69, 9.17) is 18.1 Å². The number of hydrogen-bond donors (Lipinski definition) is 0. The first-order valence-electron chi connectivity index (χ1n) is 21.1. The normalized spacial score (nSPS) is 12.2. The van der Waals surface area contributed by atoms with E-state index < -0.39 is 31.0 Å². The zero-order chi connectivity index (χ0) is 43.1. The third-order valence-electron chi connectivity index (χ3n) is 10.6. The lowest BCUT2D eigenvalue weighted by molar-refractivity contribution is 0.229. The van der Waals surface area contributed by atoms with Crippen molar-refractivity contribution in [2.45, 2.75) is 27.7 Å². The van der Waals surface area contributed by atoms with Crippen molar-refractivity contribution in [1.82, 2.24) is 0 Å². The molecule has 314 valence electrons. The van der Waals surface area contributed by atoms with Gasteiger partial charge in [-0.3, -0.25) is 9.13 Å². The van der Waals surface area contributed by atoms with Crippen molar-refractivity contribution >= 4 is 95.0 Å². The molecule has 0 N–H and O–H groups in total. The molecular formula is C52H50O6P4. The summed E-state index contributed by atoms with van der Waals surface area (Å²) in [6.45, 7) is 8.34. The molecule has 0 bridgehead atoms. The van der Waals surface area contributed by atoms with Crippen molar-refractivity contribution in [2.24, 2.45) is 0 Å². The van der Waals surface area contributed by atoms with E-state index in [0.717, 1.165) is 32.7 Å². The molecule has 0 aliphatic heterocycles. The van der Waals surface area contributed by atoms with Crippen molar-refractivity contribution < 1.29 is 27.2 Å². The minimum atomic E-state index is -3.61. The lowest BCUT2D eigenvalue weighted by Crippen LogP contribution is -2.26. The molecule has 0 radical (unpaired) electrons. The van der Waals surface area contributed by atoms with Crippen molar-refractivity contribution in [3.63, 3.8) is 0 Å². The molecule has 8 aromatic carbocycles. The van der Waals surface area contributed by atoms with Crippen LogP contribution in [0.15, 0.2) is 182 Å². The Morgan fingerprint density at radius 2 is 0.661 bits per heavy atom. The van der Waals surface area contributed by atoms with Gasteiger partial charge in [0.15, 0.2) is 0 Å². The summed E-state index contributed by atoms with van der Waals surface area (Å²) in [5, 5.41) is 12.1. The lowest BCUT2D eigenvalue weighted by Gasteiger charge is -2.29. The highest BCUT2D eigenvalue weighted by Crippen LogP contribution is 2.51. The third-order valence-corrected chi connectivity index (χ3v) is 19.8. The van der Waals surface area contributed by atoms with E-state index in [1.807, 2.05) is 52.0 Å². The van der Waals surface area contributed by atoms with Crippen molar-refractivity contribution in [1.29, 1.82) is 0 Å². The first-order valence-corrected chi connectivity index (χ1v) is 26.8. The first-order chi connectivity index (χ1) is 30.3. The highest BCUT2D eigenvalue weighted by Gasteiger charge is 2.32. The highest BCUT2D eigenvalue weighted by molar-refractivity contribution is 7.81. The van der Waals surface area contributed by atoms with E-state index in [1.54, 1.807) is 0 Å². The second-order valence-electron chi connectivity index (χ2n) is 14.4. The molecule has 0 aliphatic carbocycles. The van der Waals surface area contributed by atoms with E-state index in [9.17, 15) is 9.13 Å². The van der Waals surface area contributed by atoms with Gasteiger partial charge in [-0.25, -0.2) is 0 Å². The molecule has 0 unspecified atom stereocenters. The molecule has 10 heteroatoms. The van der Waals surface area contributed by atoms with Gasteiger partial charge in [-0.15, -0.1) is 0 Å². The van der Waals surface area contributed by atoms with Crippen LogP contribution < -0.4 is 42.4 Å². The summed E-state index contributed by atoms with van der Waals surface area (Å²) in [6.07, 6.45) is 0. The molecule has 0 amide bonds. The second-order valence-corrected chi connectivity index (χ2v) is 22.8. The average Bonchev–Trinajstić information content (AvgIpc) is 3.30. The first kappa shape index (κ1) is 44.1. The van der Waals surface area contributed by atoms with Crippen LogP contribution >= 0.6 is 31.0 Å². The number of rotatable bonds is 17. The number of hydrogen-bond acceptors (Lipinski definition) is 6. The maximum Gasteiger partial charge on any atom is 0.361 e. The van der Waals surface area contributed by atoms with E-state index in [2.05, 4.69) is 158 Å². The van der Waals surface area contributed by atoms with Crippen molar-refractivity contribution in [3.8, 4) is 11.1 Å². The van der Waals surface area contributed by atoms with Crippen LogP contribution in [0.4, 0.5) is 0 Å². The van der Waals surface area contributed by atoms with E-state index >= 15 is 0 Å². The van der Waals surface area contributed by atoms with Gasteiger partial charge in [0, 0.05) is 0 Å². The van der Waals surface area contributed by atoms with Crippen LogP contribution in [-0.2, 0) is 27.2 Å². The summed E-state index contributed by atoms with van der Waals surface area (Å²) in [5.41, 5.74) is 2.17. The number of benzene rings is 8. The highest BCUT2D eigenvalue weighted by atomic mass is 31.2. The van der Waals surface area contributed by atoms with E-state index in [-0.39, 0.29) is 26.4 Å². The maximum atomic E-state index is 14.3. The zero-order valence-electron chi connectivity index (χ0n) is 35.4. The van der Waals surface area contributed by atoms with Gasteiger partial charge in [0.05, 0.1) is 37.0 Å². The van der Waals surface area contributed by atoms with Gasteiger partial charge in [0.25, 0.3) is 0 Å². The van der Waals surface area contributed by atoms with Gasteiger partial charge in [-0.1, -0.05) is 158 Å². The summed E-state index contributed by atoms with van der Waals surface area (Å²) in [7, 11) is -9.45. The second kappa shape index (κ2) is 19.9. The maximum absolute atomic E-state index is 14.3. The van der Waals surface area contributed by atoms with E-state index in [0.29, 0.717) is 10.6 Å². The molecule has 0 spiro atoms. The minimum absolute atomic E-state index is 0.251. The van der Waals surface area contributed by atoms with Crippen LogP contribution in [0.5, 0.6) is 0 Å². The van der Waals surface area contributed by atoms with Crippen LogP contribution in [0.3, 0.4) is 0 Å². The fourth-order valence-electron chi connectivity index (χ4n) is 8.07. The molecule has 0 heterocycles. The molecule has 8 rings (SSSR count). The van der Waals surface area contributed by atoms with Gasteiger partial charge < -0.3 is 18.1 Å². The summed E-state index contributed by atoms with van der Waals surface area (Å²) in [5.74, 6) is 0. The smallest absolute Gasteiger partial charge is 0.305 e. The lowest BCUT2D eigenvalue weighted by atomic mass is 9.93. The summed E-state index contributed by atoms with van der Waals surface area (Å²) >= 11 is 0. The Labute approximate surface area is 367 Å². The third kappa shape index (κ3) is 8.96. The van der Waals surface area contributed by atoms with Crippen LogP contribution in [0.1, 0.15) is 27.7 Å². The van der Waals surface area contributed by atoms with Gasteiger partial charge in [0.1, 0.15) is 0 Å². The Kier molecular flexibility index (Phi) is 14.1. The molecule has 0 atom stereocenters. The average molecular weight is 895 g/mol. The van der Waals surface area contributed by atoms with Crippen LogP contribution in [-0.4, -0.2) is 26.4 Å². The predicted molar refractivity (Wildman–Crippen MR) is 265 cm³/mol. The fourth-order valence-corrected chi connectivity index (χ4v) is 16.2. The molecule has 0 fully saturated rings. The van der Waals surface area contributed by atoms with E-state index in [1.165, 1.54) is 31.8 Å². The zero-order valence-corrected chi connectivity index (χ0v) is 39.0.